The highest BCUT2D eigenvalue weighted by Crippen LogP contribution is 2.03. The molecule has 0 saturated carbocycles. The van der Waals surface area contributed by atoms with Gasteiger partial charge in [-0.25, -0.2) is 4.79 Å². The Morgan fingerprint density at radius 3 is 2.37 bits per heavy atom. The second-order valence-corrected chi connectivity index (χ2v) is 4.62. The molecule has 19 heavy (non-hydrogen) atoms. The van der Waals surface area contributed by atoms with Gasteiger partial charge in [-0.3, -0.25) is 4.79 Å². The largest absolute Gasteiger partial charge is 0.480 e. The number of unbranched alkanes of at least 4 members (excludes halogenated alkanes) is 1. The molecule has 0 aliphatic heterocycles. The minimum Gasteiger partial charge on any atom is -0.480 e. The fourth-order valence-corrected chi connectivity index (χ4v) is 1.57. The van der Waals surface area contributed by atoms with Crippen LogP contribution in [0.4, 0.5) is 0 Å². The Hall–Kier alpha value is -1.18. The number of aliphatic hydroxyl groups excluding tert-OH is 1. The van der Waals surface area contributed by atoms with Gasteiger partial charge in [0.2, 0.25) is 5.91 Å². The van der Waals surface area contributed by atoms with E-state index in [0.29, 0.717) is 12.8 Å². The first-order valence-corrected chi connectivity index (χ1v) is 6.59. The van der Waals surface area contributed by atoms with E-state index in [1.807, 2.05) is 6.92 Å². The van der Waals surface area contributed by atoms with Crippen molar-refractivity contribution in [2.24, 2.45) is 11.5 Å². The Labute approximate surface area is 113 Å². The Bertz CT molecular complexity index is 286. The number of hydrogen-bond acceptors (Lipinski definition) is 5. The minimum absolute atomic E-state index is 0.114. The predicted molar refractivity (Wildman–Crippen MR) is 71.4 cm³/mol. The molecule has 3 atom stereocenters. The standard InChI is InChI=1S/C12H25N3O4/c1-2-3-4-10(12(18)19)15-11(17)9(14)6-5-8(16)7-13/h8-10,16H,2-7,13-14H2,1H3,(H,15,17)(H,18,19). The summed E-state index contributed by atoms with van der Waals surface area (Å²) in [5.41, 5.74) is 10.9. The van der Waals surface area contributed by atoms with Crippen LogP contribution in [0.3, 0.4) is 0 Å². The van der Waals surface area contributed by atoms with Crippen LogP contribution in [-0.4, -0.2) is 46.8 Å². The second kappa shape index (κ2) is 9.71. The van der Waals surface area contributed by atoms with E-state index < -0.39 is 30.1 Å². The summed E-state index contributed by atoms with van der Waals surface area (Å²) in [4.78, 5) is 22.7. The van der Waals surface area contributed by atoms with Crippen molar-refractivity contribution in [3.8, 4) is 0 Å². The number of hydrogen-bond donors (Lipinski definition) is 5. The van der Waals surface area contributed by atoms with Crippen LogP contribution < -0.4 is 16.8 Å². The van der Waals surface area contributed by atoms with Crippen molar-refractivity contribution in [3.05, 3.63) is 0 Å². The Morgan fingerprint density at radius 1 is 1.26 bits per heavy atom. The monoisotopic (exact) mass is 275 g/mol. The van der Waals surface area contributed by atoms with Gasteiger partial charge in [-0.15, -0.1) is 0 Å². The molecule has 0 fully saturated rings. The van der Waals surface area contributed by atoms with E-state index in [9.17, 15) is 14.7 Å². The fourth-order valence-electron chi connectivity index (χ4n) is 1.57. The molecule has 0 aromatic rings. The maximum absolute atomic E-state index is 11.7. The third kappa shape index (κ3) is 7.76. The van der Waals surface area contributed by atoms with Gasteiger partial charge in [0.25, 0.3) is 0 Å². The van der Waals surface area contributed by atoms with Crippen molar-refractivity contribution in [2.75, 3.05) is 6.54 Å². The van der Waals surface area contributed by atoms with Crippen molar-refractivity contribution in [1.82, 2.24) is 5.32 Å². The van der Waals surface area contributed by atoms with Crippen molar-refractivity contribution >= 4 is 11.9 Å². The summed E-state index contributed by atoms with van der Waals surface area (Å²) in [6.07, 6.45) is 1.86. The number of carbonyl (C=O) groups excluding carboxylic acids is 1. The lowest BCUT2D eigenvalue weighted by Gasteiger charge is -2.18. The molecular formula is C12H25N3O4. The molecule has 0 rings (SSSR count). The van der Waals surface area contributed by atoms with Gasteiger partial charge in [0.1, 0.15) is 6.04 Å². The average Bonchev–Trinajstić information content (AvgIpc) is 2.39. The number of aliphatic hydroxyl groups is 1. The molecule has 0 bridgehead atoms. The number of aliphatic carboxylic acids is 1. The van der Waals surface area contributed by atoms with Gasteiger partial charge in [-0.1, -0.05) is 19.8 Å². The Kier molecular flexibility index (Phi) is 9.11. The van der Waals surface area contributed by atoms with Crippen LogP contribution in [0.5, 0.6) is 0 Å². The van der Waals surface area contributed by atoms with Gasteiger partial charge in [-0.2, -0.15) is 0 Å². The van der Waals surface area contributed by atoms with Gasteiger partial charge < -0.3 is 27.0 Å². The van der Waals surface area contributed by atoms with Crippen LogP contribution in [-0.2, 0) is 9.59 Å². The molecule has 0 aromatic carbocycles. The molecule has 7 nitrogen and oxygen atoms in total. The maximum atomic E-state index is 11.7. The summed E-state index contributed by atoms with van der Waals surface area (Å²) in [5.74, 6) is -1.57. The molecule has 7 N–H and O–H groups in total. The first-order valence-electron chi connectivity index (χ1n) is 6.59. The van der Waals surface area contributed by atoms with E-state index in [1.165, 1.54) is 0 Å². The zero-order chi connectivity index (χ0) is 14.8. The molecule has 3 unspecified atom stereocenters. The summed E-state index contributed by atoms with van der Waals surface area (Å²) in [7, 11) is 0. The molecule has 0 aromatic heterocycles. The van der Waals surface area contributed by atoms with Crippen molar-refractivity contribution in [3.63, 3.8) is 0 Å². The number of rotatable bonds is 10. The molecule has 0 aliphatic rings. The highest BCUT2D eigenvalue weighted by atomic mass is 16.4. The highest BCUT2D eigenvalue weighted by Gasteiger charge is 2.22. The van der Waals surface area contributed by atoms with E-state index in [-0.39, 0.29) is 13.0 Å². The van der Waals surface area contributed by atoms with Crippen LogP contribution in [0, 0.1) is 0 Å². The van der Waals surface area contributed by atoms with E-state index in [4.69, 9.17) is 16.6 Å². The first-order chi connectivity index (χ1) is 8.92. The average molecular weight is 275 g/mol. The van der Waals surface area contributed by atoms with Crippen LogP contribution in [0.2, 0.25) is 0 Å². The van der Waals surface area contributed by atoms with E-state index >= 15 is 0 Å². The van der Waals surface area contributed by atoms with Crippen molar-refractivity contribution < 1.29 is 19.8 Å². The van der Waals surface area contributed by atoms with Crippen LogP contribution in [0.1, 0.15) is 39.0 Å². The second-order valence-electron chi connectivity index (χ2n) is 4.62. The molecule has 0 radical (unpaired) electrons. The molecule has 7 heteroatoms. The fraction of sp³-hybridized carbons (Fsp3) is 0.833. The molecule has 0 saturated heterocycles. The quantitative estimate of drug-likeness (QED) is 0.353. The zero-order valence-electron chi connectivity index (χ0n) is 11.3. The van der Waals surface area contributed by atoms with Crippen LogP contribution in [0.25, 0.3) is 0 Å². The summed E-state index contributed by atoms with van der Waals surface area (Å²) >= 11 is 0. The predicted octanol–water partition coefficient (Wildman–Crippen LogP) is -0.827. The molecule has 0 aliphatic carbocycles. The highest BCUT2D eigenvalue weighted by molar-refractivity contribution is 5.86. The van der Waals surface area contributed by atoms with Crippen LogP contribution in [0.15, 0.2) is 0 Å². The van der Waals surface area contributed by atoms with E-state index in [1.54, 1.807) is 0 Å². The van der Waals surface area contributed by atoms with Gasteiger partial charge in [0.15, 0.2) is 0 Å². The lowest BCUT2D eigenvalue weighted by molar-refractivity contribution is -0.142. The maximum Gasteiger partial charge on any atom is 0.326 e. The number of nitrogens with two attached hydrogens (primary N) is 2. The lowest BCUT2D eigenvalue weighted by atomic mass is 10.1. The van der Waals surface area contributed by atoms with Crippen LogP contribution >= 0.6 is 0 Å². The molecule has 112 valence electrons. The number of amides is 1. The van der Waals surface area contributed by atoms with Gasteiger partial charge >= 0.3 is 5.97 Å². The van der Waals surface area contributed by atoms with Gasteiger partial charge in [-0.05, 0) is 19.3 Å². The first kappa shape index (κ1) is 17.8. The number of carboxylic acid groups (broad SMARTS) is 1. The van der Waals surface area contributed by atoms with E-state index in [0.717, 1.165) is 12.8 Å². The molecule has 0 heterocycles. The van der Waals surface area contributed by atoms with Gasteiger partial charge in [0, 0.05) is 6.54 Å². The number of nitrogens with one attached hydrogen (secondary N) is 1. The Balaban J connectivity index is 4.19. The minimum atomic E-state index is -1.06. The molecule has 1 amide bonds. The van der Waals surface area contributed by atoms with Crippen molar-refractivity contribution in [2.45, 2.75) is 57.2 Å². The third-order valence-corrected chi connectivity index (χ3v) is 2.88. The smallest absolute Gasteiger partial charge is 0.326 e. The number of carboxylic acids is 1. The number of carbonyl (C=O) groups is 2. The summed E-state index contributed by atoms with van der Waals surface area (Å²) < 4.78 is 0. The lowest BCUT2D eigenvalue weighted by Crippen LogP contribution is -2.48. The van der Waals surface area contributed by atoms with Crippen molar-refractivity contribution in [1.29, 1.82) is 0 Å². The summed E-state index contributed by atoms with van der Waals surface area (Å²) in [6.45, 7) is 2.06. The topological polar surface area (TPSA) is 139 Å². The summed E-state index contributed by atoms with van der Waals surface area (Å²) in [5, 5.41) is 20.7. The van der Waals surface area contributed by atoms with Gasteiger partial charge in [0.05, 0.1) is 12.1 Å². The normalized spacial score (nSPS) is 15.6. The zero-order valence-corrected chi connectivity index (χ0v) is 11.3. The third-order valence-electron chi connectivity index (χ3n) is 2.88. The molecular weight excluding hydrogens is 250 g/mol. The Morgan fingerprint density at radius 2 is 1.89 bits per heavy atom. The van der Waals surface area contributed by atoms with E-state index in [2.05, 4.69) is 5.32 Å². The molecule has 0 spiro atoms. The SMILES string of the molecule is CCCCC(NC(=O)C(N)CCC(O)CN)C(=O)O. The summed E-state index contributed by atoms with van der Waals surface area (Å²) in [6, 6.07) is -1.73.